The van der Waals surface area contributed by atoms with Crippen LogP contribution in [0.15, 0.2) is 0 Å². The van der Waals surface area contributed by atoms with Gasteiger partial charge in [0.15, 0.2) is 0 Å². The van der Waals surface area contributed by atoms with Gasteiger partial charge in [0, 0.05) is 12.6 Å². The summed E-state index contributed by atoms with van der Waals surface area (Å²) in [4.78, 5) is 13.2. The maximum atomic E-state index is 11.4. The molecule has 0 rings (SSSR count). The summed E-state index contributed by atoms with van der Waals surface area (Å²) in [5, 5.41) is 9.15. The molecule has 0 saturated heterocycles. The number of carbonyl (C=O) groups is 1. The Morgan fingerprint density at radius 3 is 2.31 bits per heavy atom. The van der Waals surface area contributed by atoms with Crippen molar-refractivity contribution in [3.8, 4) is 0 Å². The second kappa shape index (κ2) is 7.33. The molecule has 0 bridgehead atoms. The van der Waals surface area contributed by atoms with Gasteiger partial charge in [0.25, 0.3) is 0 Å². The zero-order valence-electron chi connectivity index (χ0n) is 8.29. The van der Waals surface area contributed by atoms with E-state index in [9.17, 15) is 4.79 Å². The first-order chi connectivity index (χ1) is 6.21. The number of rotatable bonds is 6. The third-order valence-corrected chi connectivity index (χ3v) is 2.64. The van der Waals surface area contributed by atoms with E-state index in [1.807, 2.05) is 0 Å². The van der Waals surface area contributed by atoms with Crippen LogP contribution in [0.4, 0.5) is 0 Å². The maximum absolute atomic E-state index is 11.4. The topological polar surface area (TPSA) is 40.5 Å². The number of hydrogen-bond acceptors (Lipinski definition) is 2. The molecule has 1 amide bonds. The molecule has 3 nitrogen and oxygen atoms in total. The summed E-state index contributed by atoms with van der Waals surface area (Å²) in [6.45, 7) is 4.59. The Labute approximate surface area is 88.2 Å². The van der Waals surface area contributed by atoms with Crippen molar-refractivity contribution < 1.29 is 9.90 Å². The van der Waals surface area contributed by atoms with Crippen LogP contribution in [-0.4, -0.2) is 40.4 Å². The molecule has 78 valence electrons. The van der Waals surface area contributed by atoms with Crippen LogP contribution in [0.2, 0.25) is 0 Å². The van der Waals surface area contributed by atoms with Gasteiger partial charge in [-0.2, -0.15) is 0 Å². The van der Waals surface area contributed by atoms with Crippen LogP contribution in [0.1, 0.15) is 26.7 Å². The largest absolute Gasteiger partial charge is 0.395 e. The van der Waals surface area contributed by atoms with E-state index < -0.39 is 0 Å². The molecule has 0 unspecified atom stereocenters. The lowest BCUT2D eigenvalue weighted by atomic mass is 10.1. The van der Waals surface area contributed by atoms with E-state index in [0.29, 0.717) is 11.9 Å². The molecule has 0 fully saturated rings. The molecular weight excluding hydrogens is 234 g/mol. The highest BCUT2D eigenvalue weighted by molar-refractivity contribution is 9.09. The number of halogens is 1. The smallest absolute Gasteiger partial charge is 0.233 e. The van der Waals surface area contributed by atoms with Crippen molar-refractivity contribution >= 4 is 21.8 Å². The highest BCUT2D eigenvalue weighted by Gasteiger charge is 2.18. The van der Waals surface area contributed by atoms with Gasteiger partial charge in [0.2, 0.25) is 5.91 Å². The molecule has 0 aliphatic heterocycles. The lowest BCUT2D eigenvalue weighted by Gasteiger charge is -2.29. The first-order valence-corrected chi connectivity index (χ1v) is 5.79. The molecule has 1 N–H and O–H groups in total. The molecule has 0 heterocycles. The average Bonchev–Trinajstić information content (AvgIpc) is 2.17. The van der Waals surface area contributed by atoms with Crippen LogP contribution in [0, 0.1) is 0 Å². The van der Waals surface area contributed by atoms with E-state index in [1.54, 1.807) is 4.90 Å². The molecule has 0 saturated carbocycles. The van der Waals surface area contributed by atoms with Crippen LogP contribution < -0.4 is 0 Å². The number of aliphatic hydroxyl groups is 1. The van der Waals surface area contributed by atoms with E-state index >= 15 is 0 Å². The van der Waals surface area contributed by atoms with Crippen LogP contribution in [0.5, 0.6) is 0 Å². The van der Waals surface area contributed by atoms with Gasteiger partial charge < -0.3 is 10.0 Å². The Balaban J connectivity index is 4.28. The van der Waals surface area contributed by atoms with Gasteiger partial charge in [-0.15, -0.1) is 0 Å². The molecule has 4 heteroatoms. The average molecular weight is 252 g/mol. The Morgan fingerprint density at radius 1 is 1.46 bits per heavy atom. The monoisotopic (exact) mass is 251 g/mol. The van der Waals surface area contributed by atoms with E-state index in [1.165, 1.54) is 0 Å². The number of hydrogen-bond donors (Lipinski definition) is 1. The minimum absolute atomic E-state index is 0.0369. The molecule has 0 aliphatic rings. The molecule has 0 radical (unpaired) electrons. The predicted octanol–water partition coefficient (Wildman–Crippen LogP) is 1.39. The van der Waals surface area contributed by atoms with Gasteiger partial charge in [-0.25, -0.2) is 0 Å². The summed E-state index contributed by atoms with van der Waals surface area (Å²) in [5.74, 6) is 0.0581. The first kappa shape index (κ1) is 12.9. The third kappa shape index (κ3) is 4.09. The van der Waals surface area contributed by atoms with E-state index in [2.05, 4.69) is 29.8 Å². The standard InChI is InChI=1S/C9H18BrNO2/c1-3-8(4-2)11(5-6-12)9(13)7-10/h8,12H,3-7H2,1-2H3. The number of aliphatic hydroxyl groups excluding tert-OH is 1. The predicted molar refractivity (Wildman–Crippen MR) is 57.0 cm³/mol. The van der Waals surface area contributed by atoms with Crippen molar-refractivity contribution in [1.29, 1.82) is 0 Å². The van der Waals surface area contributed by atoms with Gasteiger partial charge in [0.05, 0.1) is 11.9 Å². The summed E-state index contributed by atoms with van der Waals surface area (Å²) >= 11 is 3.14. The molecule has 0 aromatic carbocycles. The Morgan fingerprint density at radius 2 is 2.00 bits per heavy atom. The van der Waals surface area contributed by atoms with Gasteiger partial charge >= 0.3 is 0 Å². The molecule has 0 aliphatic carbocycles. The van der Waals surface area contributed by atoms with E-state index in [4.69, 9.17) is 5.11 Å². The van der Waals surface area contributed by atoms with E-state index in [-0.39, 0.29) is 18.6 Å². The Kier molecular flexibility index (Phi) is 7.28. The van der Waals surface area contributed by atoms with Gasteiger partial charge in [0.1, 0.15) is 0 Å². The van der Waals surface area contributed by atoms with Crippen molar-refractivity contribution in [2.75, 3.05) is 18.5 Å². The van der Waals surface area contributed by atoms with Crippen LogP contribution in [-0.2, 0) is 4.79 Å². The normalized spacial score (nSPS) is 10.5. The molecule has 0 aromatic rings. The van der Waals surface area contributed by atoms with Gasteiger partial charge in [-0.3, -0.25) is 4.79 Å². The van der Waals surface area contributed by atoms with Crippen molar-refractivity contribution in [3.63, 3.8) is 0 Å². The number of alkyl halides is 1. The van der Waals surface area contributed by atoms with Crippen molar-refractivity contribution in [2.45, 2.75) is 32.7 Å². The molecular formula is C9H18BrNO2. The van der Waals surface area contributed by atoms with Crippen LogP contribution in [0.25, 0.3) is 0 Å². The Hall–Kier alpha value is -0.0900. The second-order valence-corrected chi connectivity index (χ2v) is 3.48. The molecule has 0 spiro atoms. The maximum Gasteiger partial charge on any atom is 0.233 e. The SMILES string of the molecule is CCC(CC)N(CCO)C(=O)CBr. The lowest BCUT2D eigenvalue weighted by molar-refractivity contribution is -0.131. The fourth-order valence-electron chi connectivity index (χ4n) is 1.42. The summed E-state index contributed by atoms with van der Waals surface area (Å²) in [6.07, 6.45) is 1.88. The fourth-order valence-corrected chi connectivity index (χ4v) is 1.75. The minimum atomic E-state index is 0.0369. The highest BCUT2D eigenvalue weighted by atomic mass is 79.9. The van der Waals surface area contributed by atoms with E-state index in [0.717, 1.165) is 12.8 Å². The quantitative estimate of drug-likeness (QED) is 0.726. The Bertz CT molecular complexity index is 149. The summed E-state index contributed by atoms with van der Waals surface area (Å²) in [6, 6.07) is 0.261. The number of nitrogens with zero attached hydrogens (tertiary/aromatic N) is 1. The number of amides is 1. The van der Waals surface area contributed by atoms with Crippen molar-refractivity contribution in [1.82, 2.24) is 4.90 Å². The van der Waals surface area contributed by atoms with Gasteiger partial charge in [-0.1, -0.05) is 29.8 Å². The second-order valence-electron chi connectivity index (χ2n) is 2.91. The summed E-state index contributed by atoms with van der Waals surface area (Å²) in [7, 11) is 0. The molecule has 0 aromatic heterocycles. The van der Waals surface area contributed by atoms with Gasteiger partial charge in [-0.05, 0) is 12.8 Å². The third-order valence-electron chi connectivity index (χ3n) is 2.16. The first-order valence-electron chi connectivity index (χ1n) is 4.67. The highest BCUT2D eigenvalue weighted by Crippen LogP contribution is 2.09. The summed E-state index contributed by atoms with van der Waals surface area (Å²) in [5.41, 5.74) is 0. The molecule has 0 atom stereocenters. The summed E-state index contributed by atoms with van der Waals surface area (Å²) < 4.78 is 0. The fraction of sp³-hybridized carbons (Fsp3) is 0.889. The zero-order valence-corrected chi connectivity index (χ0v) is 9.88. The lowest BCUT2D eigenvalue weighted by Crippen LogP contribution is -2.42. The van der Waals surface area contributed by atoms with Crippen molar-refractivity contribution in [3.05, 3.63) is 0 Å². The van der Waals surface area contributed by atoms with Crippen LogP contribution >= 0.6 is 15.9 Å². The zero-order chi connectivity index (χ0) is 10.3. The minimum Gasteiger partial charge on any atom is -0.395 e. The number of carbonyl (C=O) groups excluding carboxylic acids is 1. The van der Waals surface area contributed by atoms with Crippen molar-refractivity contribution in [2.24, 2.45) is 0 Å². The van der Waals surface area contributed by atoms with Crippen LogP contribution in [0.3, 0.4) is 0 Å². The molecule has 13 heavy (non-hydrogen) atoms.